The van der Waals surface area contributed by atoms with Crippen LogP contribution < -0.4 is 5.32 Å². The molecule has 2 heterocycles. The third kappa shape index (κ3) is 4.62. The Morgan fingerprint density at radius 3 is 2.62 bits per heavy atom. The van der Waals surface area contributed by atoms with Gasteiger partial charge in [0.2, 0.25) is 5.91 Å². The predicted octanol–water partition coefficient (Wildman–Crippen LogP) is 2.42. The summed E-state index contributed by atoms with van der Waals surface area (Å²) in [7, 11) is 0. The molecule has 0 radical (unpaired) electrons. The van der Waals surface area contributed by atoms with E-state index in [-0.39, 0.29) is 11.8 Å². The molecule has 0 atom stereocenters. The van der Waals surface area contributed by atoms with Gasteiger partial charge in [-0.1, -0.05) is 28.9 Å². The number of aryl methyl sites for hydroxylation is 1. The van der Waals surface area contributed by atoms with E-state index in [1.807, 2.05) is 12.1 Å². The molecule has 8 heteroatoms. The Kier molecular flexibility index (Phi) is 5.90. The van der Waals surface area contributed by atoms with Gasteiger partial charge in [-0.25, -0.2) is 0 Å². The number of carbonyl (C=O) groups is 2. The van der Waals surface area contributed by atoms with Crippen LogP contribution in [-0.2, 0) is 4.79 Å². The zero-order valence-corrected chi connectivity index (χ0v) is 15.3. The number of halogens is 1. The van der Waals surface area contributed by atoms with E-state index < -0.39 is 0 Å². The lowest BCUT2D eigenvalue weighted by Crippen LogP contribution is -2.49. The minimum Gasteiger partial charge on any atom is -0.360 e. The summed E-state index contributed by atoms with van der Waals surface area (Å²) < 4.78 is 4.92. The molecule has 1 aromatic carbocycles. The fourth-order valence-corrected chi connectivity index (χ4v) is 3.09. The van der Waals surface area contributed by atoms with Gasteiger partial charge in [-0.3, -0.25) is 14.5 Å². The first-order chi connectivity index (χ1) is 12.5. The number of aromatic nitrogens is 1. The number of benzene rings is 1. The molecule has 1 aliphatic rings. The number of nitrogens with one attached hydrogen (secondary N) is 1. The van der Waals surface area contributed by atoms with E-state index in [1.165, 1.54) is 0 Å². The summed E-state index contributed by atoms with van der Waals surface area (Å²) in [5, 5.41) is 6.92. The lowest BCUT2D eigenvalue weighted by Gasteiger charge is -2.34. The molecular formula is C18H21ClN4O3. The van der Waals surface area contributed by atoms with E-state index in [2.05, 4.69) is 15.4 Å². The lowest BCUT2D eigenvalue weighted by molar-refractivity contribution is -0.116. The second kappa shape index (κ2) is 8.33. The maximum atomic E-state index is 12.5. The van der Waals surface area contributed by atoms with Crippen molar-refractivity contribution >= 4 is 29.2 Å². The Hall–Kier alpha value is -2.38. The maximum Gasteiger partial charge on any atom is 0.255 e. The van der Waals surface area contributed by atoms with Crippen molar-refractivity contribution < 1.29 is 14.1 Å². The van der Waals surface area contributed by atoms with Gasteiger partial charge in [-0.2, -0.15) is 0 Å². The van der Waals surface area contributed by atoms with Gasteiger partial charge < -0.3 is 14.7 Å². The Balaban J connectivity index is 1.43. The third-order valence-corrected chi connectivity index (χ3v) is 4.64. The fraction of sp³-hybridized carbons (Fsp3) is 0.389. The number of amides is 2. The number of nitrogens with zero attached hydrogens (tertiary/aromatic N) is 3. The monoisotopic (exact) mass is 376 g/mol. The second-order valence-electron chi connectivity index (χ2n) is 6.23. The van der Waals surface area contributed by atoms with Crippen LogP contribution in [0.4, 0.5) is 5.82 Å². The molecule has 2 aromatic rings. The summed E-state index contributed by atoms with van der Waals surface area (Å²) in [6.45, 7) is 5.10. The van der Waals surface area contributed by atoms with Gasteiger partial charge in [0.05, 0.1) is 10.6 Å². The summed E-state index contributed by atoms with van der Waals surface area (Å²) >= 11 is 6.11. The zero-order valence-electron chi connectivity index (χ0n) is 14.6. The first-order valence-electron chi connectivity index (χ1n) is 8.52. The Morgan fingerprint density at radius 2 is 1.96 bits per heavy atom. The lowest BCUT2D eigenvalue weighted by atomic mass is 10.1. The average molecular weight is 377 g/mol. The van der Waals surface area contributed by atoms with Gasteiger partial charge in [0.15, 0.2) is 5.82 Å². The molecule has 1 N–H and O–H groups in total. The SMILES string of the molecule is Cc1cc(NC(=O)CCN2CCN(C(=O)c3ccccc3Cl)CC2)no1. The number of anilines is 1. The highest BCUT2D eigenvalue weighted by atomic mass is 35.5. The molecule has 1 saturated heterocycles. The molecule has 0 spiro atoms. The molecule has 1 fully saturated rings. The Bertz CT molecular complexity index is 784. The molecule has 26 heavy (non-hydrogen) atoms. The highest BCUT2D eigenvalue weighted by Crippen LogP contribution is 2.18. The van der Waals surface area contributed by atoms with Gasteiger partial charge >= 0.3 is 0 Å². The van der Waals surface area contributed by atoms with Crippen LogP contribution in [0.2, 0.25) is 5.02 Å². The molecule has 138 valence electrons. The molecular weight excluding hydrogens is 356 g/mol. The van der Waals surface area contributed by atoms with Gasteiger partial charge in [0, 0.05) is 45.2 Å². The summed E-state index contributed by atoms with van der Waals surface area (Å²) in [6.07, 6.45) is 0.365. The van der Waals surface area contributed by atoms with E-state index in [0.29, 0.717) is 48.2 Å². The minimum atomic E-state index is -0.104. The standard InChI is InChI=1S/C18H21ClN4O3/c1-13-12-16(21-26-13)20-17(24)6-7-22-8-10-23(11-9-22)18(25)14-4-2-3-5-15(14)19/h2-5,12H,6-11H2,1H3,(H,20,21,24). The van der Waals surface area contributed by atoms with Crippen LogP contribution in [-0.4, -0.2) is 59.5 Å². The molecule has 1 aliphatic heterocycles. The molecule has 0 unspecified atom stereocenters. The van der Waals surface area contributed by atoms with Crippen molar-refractivity contribution in [2.24, 2.45) is 0 Å². The van der Waals surface area contributed by atoms with Crippen LogP contribution >= 0.6 is 11.6 Å². The van der Waals surface area contributed by atoms with Crippen LogP contribution in [0.15, 0.2) is 34.9 Å². The molecule has 3 rings (SSSR count). The van der Waals surface area contributed by atoms with E-state index in [0.717, 1.165) is 13.1 Å². The molecule has 0 bridgehead atoms. The van der Waals surface area contributed by atoms with E-state index in [1.54, 1.807) is 30.0 Å². The maximum absolute atomic E-state index is 12.5. The number of hydrogen-bond acceptors (Lipinski definition) is 5. The van der Waals surface area contributed by atoms with E-state index >= 15 is 0 Å². The van der Waals surface area contributed by atoms with Crippen molar-refractivity contribution in [3.05, 3.63) is 46.7 Å². The van der Waals surface area contributed by atoms with Gasteiger partial charge in [-0.05, 0) is 19.1 Å². The smallest absolute Gasteiger partial charge is 0.255 e. The molecule has 1 aromatic heterocycles. The van der Waals surface area contributed by atoms with Crippen LogP contribution in [0.3, 0.4) is 0 Å². The van der Waals surface area contributed by atoms with Gasteiger partial charge in [0.1, 0.15) is 5.76 Å². The summed E-state index contributed by atoms with van der Waals surface area (Å²) in [5.41, 5.74) is 0.532. The van der Waals surface area contributed by atoms with E-state index in [9.17, 15) is 9.59 Å². The van der Waals surface area contributed by atoms with Crippen LogP contribution in [0.1, 0.15) is 22.5 Å². The number of piperazine rings is 1. The van der Waals surface area contributed by atoms with Gasteiger partial charge in [0.25, 0.3) is 5.91 Å². The largest absolute Gasteiger partial charge is 0.360 e. The van der Waals surface area contributed by atoms with Crippen LogP contribution in [0.25, 0.3) is 0 Å². The van der Waals surface area contributed by atoms with Crippen molar-refractivity contribution in [1.29, 1.82) is 0 Å². The van der Waals surface area contributed by atoms with Crippen molar-refractivity contribution in [1.82, 2.24) is 15.0 Å². The van der Waals surface area contributed by atoms with Crippen molar-refractivity contribution in [2.45, 2.75) is 13.3 Å². The van der Waals surface area contributed by atoms with E-state index in [4.69, 9.17) is 16.1 Å². The Morgan fingerprint density at radius 1 is 1.23 bits per heavy atom. The number of carbonyl (C=O) groups excluding carboxylic acids is 2. The topological polar surface area (TPSA) is 78.7 Å². The normalized spacial score (nSPS) is 15.1. The van der Waals surface area contributed by atoms with Crippen molar-refractivity contribution in [3.63, 3.8) is 0 Å². The van der Waals surface area contributed by atoms with Crippen molar-refractivity contribution in [3.8, 4) is 0 Å². The predicted molar refractivity (Wildman–Crippen MR) is 98.3 cm³/mol. The van der Waals surface area contributed by atoms with Crippen LogP contribution in [0.5, 0.6) is 0 Å². The first kappa shape index (κ1) is 18.4. The number of hydrogen-bond donors (Lipinski definition) is 1. The summed E-state index contributed by atoms with van der Waals surface area (Å²) in [5.74, 6) is 0.935. The van der Waals surface area contributed by atoms with Crippen molar-refractivity contribution in [2.75, 3.05) is 38.0 Å². The number of rotatable bonds is 5. The van der Waals surface area contributed by atoms with Crippen LogP contribution in [0, 0.1) is 6.92 Å². The third-order valence-electron chi connectivity index (χ3n) is 4.31. The Labute approximate surface area is 156 Å². The fourth-order valence-electron chi connectivity index (χ4n) is 2.87. The second-order valence-corrected chi connectivity index (χ2v) is 6.64. The highest BCUT2D eigenvalue weighted by Gasteiger charge is 2.23. The van der Waals surface area contributed by atoms with Gasteiger partial charge in [-0.15, -0.1) is 0 Å². The molecule has 0 aliphatic carbocycles. The quantitative estimate of drug-likeness (QED) is 0.867. The zero-order chi connectivity index (χ0) is 18.5. The summed E-state index contributed by atoms with van der Waals surface area (Å²) in [6, 6.07) is 8.76. The molecule has 2 amide bonds. The molecule has 0 saturated carbocycles. The minimum absolute atomic E-state index is 0.0469. The highest BCUT2D eigenvalue weighted by molar-refractivity contribution is 6.33. The average Bonchev–Trinajstić information content (AvgIpc) is 3.05. The summed E-state index contributed by atoms with van der Waals surface area (Å²) in [4.78, 5) is 28.5. The molecule has 7 nitrogen and oxygen atoms in total. The first-order valence-corrected chi connectivity index (χ1v) is 8.90.